The lowest BCUT2D eigenvalue weighted by atomic mass is 10.0. The van der Waals surface area contributed by atoms with Gasteiger partial charge in [0.1, 0.15) is 6.61 Å². The van der Waals surface area contributed by atoms with Crippen molar-refractivity contribution in [1.29, 1.82) is 0 Å². The molecule has 0 aliphatic carbocycles. The number of ether oxygens (including phenoxy) is 1. The van der Waals surface area contributed by atoms with Crippen molar-refractivity contribution in [2.45, 2.75) is 24.0 Å². The zero-order valence-electron chi connectivity index (χ0n) is 12.9. The van der Waals surface area contributed by atoms with Crippen LogP contribution in [0.25, 0.3) is 0 Å². The third-order valence-corrected chi connectivity index (χ3v) is 4.91. The van der Waals surface area contributed by atoms with Gasteiger partial charge in [-0.1, -0.05) is 36.4 Å². The Labute approximate surface area is 144 Å². The fourth-order valence-corrected chi connectivity index (χ4v) is 3.74. The van der Waals surface area contributed by atoms with Crippen molar-refractivity contribution in [3.05, 3.63) is 65.2 Å². The average Bonchev–Trinajstić information content (AvgIpc) is 2.60. The van der Waals surface area contributed by atoms with Crippen molar-refractivity contribution < 1.29 is 19.4 Å². The van der Waals surface area contributed by atoms with Gasteiger partial charge in [0.05, 0.1) is 11.6 Å². The summed E-state index contributed by atoms with van der Waals surface area (Å²) in [6, 6.07) is 14.3. The first-order valence-electron chi connectivity index (χ1n) is 7.61. The van der Waals surface area contributed by atoms with E-state index in [1.165, 1.54) is 0 Å². The van der Waals surface area contributed by atoms with Gasteiger partial charge in [0.25, 0.3) is 0 Å². The van der Waals surface area contributed by atoms with Crippen LogP contribution in [0.4, 0.5) is 4.79 Å². The lowest BCUT2D eigenvalue weighted by molar-refractivity contribution is 0.0696. The molecule has 0 aromatic heterocycles. The molecular formula is C18H17NO4S. The third kappa shape index (κ3) is 3.89. The number of carboxylic acid groups (broad SMARTS) is 1. The smallest absolute Gasteiger partial charge is 0.407 e. The predicted octanol–water partition coefficient (Wildman–Crippen LogP) is 3.85. The summed E-state index contributed by atoms with van der Waals surface area (Å²) in [4.78, 5) is 24.0. The molecule has 0 fully saturated rings. The molecule has 1 heterocycles. The number of carbonyl (C=O) groups is 2. The van der Waals surface area contributed by atoms with Gasteiger partial charge < -0.3 is 15.2 Å². The highest BCUT2D eigenvalue weighted by atomic mass is 32.2. The Morgan fingerprint density at radius 2 is 2.00 bits per heavy atom. The van der Waals surface area contributed by atoms with E-state index in [1.54, 1.807) is 30.0 Å². The molecule has 2 aromatic carbocycles. The topological polar surface area (TPSA) is 75.6 Å². The molecule has 3 rings (SSSR count). The molecule has 1 aliphatic rings. The standard InChI is InChI=1S/C18H17NO4S/c20-17(21)13-6-7-14-15(8-9-24-16(14)10-13)19-18(22)23-11-12-4-2-1-3-5-12/h1-7,10,15H,8-9,11H2,(H,19,22)(H,20,21)/t15-/m0/s1. The molecule has 24 heavy (non-hydrogen) atoms. The van der Waals surface area contributed by atoms with E-state index >= 15 is 0 Å². The highest BCUT2D eigenvalue weighted by Gasteiger charge is 2.23. The van der Waals surface area contributed by atoms with Crippen molar-refractivity contribution in [3.8, 4) is 0 Å². The number of aromatic carboxylic acids is 1. The lowest BCUT2D eigenvalue weighted by Crippen LogP contribution is -2.31. The van der Waals surface area contributed by atoms with E-state index in [0.29, 0.717) is 0 Å². The minimum absolute atomic E-state index is 0.160. The van der Waals surface area contributed by atoms with Gasteiger partial charge in [-0.15, -0.1) is 11.8 Å². The van der Waals surface area contributed by atoms with Crippen LogP contribution in [0.15, 0.2) is 53.4 Å². The number of benzene rings is 2. The van der Waals surface area contributed by atoms with Gasteiger partial charge in [-0.2, -0.15) is 0 Å². The van der Waals surface area contributed by atoms with E-state index in [1.807, 2.05) is 30.3 Å². The van der Waals surface area contributed by atoms with Crippen molar-refractivity contribution in [1.82, 2.24) is 5.32 Å². The molecule has 1 aliphatic heterocycles. The van der Waals surface area contributed by atoms with Crippen LogP contribution in [0.3, 0.4) is 0 Å². The predicted molar refractivity (Wildman–Crippen MR) is 91.2 cm³/mol. The second-order valence-corrected chi connectivity index (χ2v) is 6.59. The molecule has 2 aromatic rings. The van der Waals surface area contributed by atoms with Crippen LogP contribution in [-0.4, -0.2) is 22.9 Å². The zero-order chi connectivity index (χ0) is 16.9. The first kappa shape index (κ1) is 16.4. The maximum Gasteiger partial charge on any atom is 0.407 e. The number of carbonyl (C=O) groups excluding carboxylic acids is 1. The minimum Gasteiger partial charge on any atom is -0.478 e. The molecule has 6 heteroatoms. The van der Waals surface area contributed by atoms with Gasteiger partial charge in [0.15, 0.2) is 0 Å². The summed E-state index contributed by atoms with van der Waals surface area (Å²) in [6.07, 6.45) is 0.314. The number of alkyl carbamates (subject to hydrolysis) is 1. The second-order valence-electron chi connectivity index (χ2n) is 5.45. The highest BCUT2D eigenvalue weighted by Crippen LogP contribution is 2.36. The number of hydrogen-bond acceptors (Lipinski definition) is 4. The molecule has 124 valence electrons. The summed E-state index contributed by atoms with van der Waals surface area (Å²) in [5.74, 6) is -0.129. The fraction of sp³-hybridized carbons (Fsp3) is 0.222. The Balaban J connectivity index is 1.64. The van der Waals surface area contributed by atoms with Gasteiger partial charge in [-0.05, 0) is 29.7 Å². The van der Waals surface area contributed by atoms with E-state index in [-0.39, 0.29) is 18.2 Å². The minimum atomic E-state index is -0.948. The molecular weight excluding hydrogens is 326 g/mol. The Bertz CT molecular complexity index is 748. The molecule has 0 saturated carbocycles. The molecule has 0 saturated heterocycles. The van der Waals surface area contributed by atoms with Crippen LogP contribution in [0, 0.1) is 0 Å². The lowest BCUT2D eigenvalue weighted by Gasteiger charge is -2.25. The number of amides is 1. The number of thioether (sulfide) groups is 1. The summed E-state index contributed by atoms with van der Waals surface area (Å²) in [5, 5.41) is 11.9. The molecule has 0 bridgehead atoms. The number of fused-ring (bicyclic) bond motifs is 1. The summed E-state index contributed by atoms with van der Waals surface area (Å²) in [6.45, 7) is 0.221. The molecule has 0 unspecified atom stereocenters. The molecule has 2 N–H and O–H groups in total. The maximum absolute atomic E-state index is 12.0. The Kier molecular flexibility index (Phi) is 5.05. The van der Waals surface area contributed by atoms with Crippen LogP contribution in [-0.2, 0) is 11.3 Å². The SMILES string of the molecule is O=C(N[C@H]1CCSc2cc(C(=O)O)ccc21)OCc1ccccc1. The van der Waals surface area contributed by atoms with Gasteiger partial charge >= 0.3 is 12.1 Å². The van der Waals surface area contributed by atoms with E-state index in [9.17, 15) is 9.59 Å². The fourth-order valence-electron chi connectivity index (χ4n) is 2.58. The first-order chi connectivity index (χ1) is 11.6. The summed E-state index contributed by atoms with van der Waals surface area (Å²) in [5.41, 5.74) is 2.12. The summed E-state index contributed by atoms with van der Waals surface area (Å²) >= 11 is 1.61. The van der Waals surface area contributed by atoms with Crippen molar-refractivity contribution >= 4 is 23.8 Å². The number of rotatable bonds is 4. The van der Waals surface area contributed by atoms with Gasteiger partial charge in [0, 0.05) is 10.6 Å². The normalized spacial score (nSPS) is 16.1. The van der Waals surface area contributed by atoms with E-state index in [2.05, 4.69) is 5.32 Å². The number of hydrogen-bond donors (Lipinski definition) is 2. The number of nitrogens with one attached hydrogen (secondary N) is 1. The van der Waals surface area contributed by atoms with Gasteiger partial charge in [-0.3, -0.25) is 0 Å². The number of carboxylic acids is 1. The summed E-state index contributed by atoms with van der Waals surface area (Å²) in [7, 11) is 0. The quantitative estimate of drug-likeness (QED) is 0.882. The zero-order valence-corrected chi connectivity index (χ0v) is 13.7. The average molecular weight is 343 g/mol. The molecule has 0 radical (unpaired) electrons. The second kappa shape index (κ2) is 7.40. The molecule has 1 amide bonds. The Morgan fingerprint density at radius 1 is 1.21 bits per heavy atom. The Hall–Kier alpha value is -2.47. The molecule has 5 nitrogen and oxygen atoms in total. The largest absolute Gasteiger partial charge is 0.478 e. The maximum atomic E-state index is 12.0. The monoisotopic (exact) mass is 343 g/mol. The Morgan fingerprint density at radius 3 is 2.75 bits per heavy atom. The van der Waals surface area contributed by atoms with Crippen LogP contribution in [0.2, 0.25) is 0 Å². The van der Waals surface area contributed by atoms with Crippen LogP contribution in [0.5, 0.6) is 0 Å². The van der Waals surface area contributed by atoms with Crippen molar-refractivity contribution in [2.24, 2.45) is 0 Å². The molecule has 0 spiro atoms. The van der Waals surface area contributed by atoms with Crippen LogP contribution in [0.1, 0.15) is 33.9 Å². The van der Waals surface area contributed by atoms with Crippen LogP contribution >= 0.6 is 11.8 Å². The van der Waals surface area contributed by atoms with Crippen LogP contribution < -0.4 is 5.32 Å². The van der Waals surface area contributed by atoms with Gasteiger partial charge in [0.2, 0.25) is 0 Å². The van der Waals surface area contributed by atoms with E-state index in [4.69, 9.17) is 9.84 Å². The van der Waals surface area contributed by atoms with Crippen molar-refractivity contribution in [2.75, 3.05) is 5.75 Å². The molecule has 1 atom stereocenters. The van der Waals surface area contributed by atoms with E-state index in [0.717, 1.165) is 28.2 Å². The highest BCUT2D eigenvalue weighted by molar-refractivity contribution is 7.99. The van der Waals surface area contributed by atoms with Gasteiger partial charge in [-0.25, -0.2) is 9.59 Å². The first-order valence-corrected chi connectivity index (χ1v) is 8.59. The third-order valence-electron chi connectivity index (χ3n) is 3.80. The van der Waals surface area contributed by atoms with E-state index < -0.39 is 12.1 Å². The van der Waals surface area contributed by atoms with Crippen molar-refractivity contribution in [3.63, 3.8) is 0 Å². The summed E-state index contributed by atoms with van der Waals surface area (Å²) < 4.78 is 5.26.